The lowest BCUT2D eigenvalue weighted by atomic mass is 9.95. The van der Waals surface area contributed by atoms with Crippen LogP contribution in [0.3, 0.4) is 0 Å². The summed E-state index contributed by atoms with van der Waals surface area (Å²) >= 11 is 0. The van der Waals surface area contributed by atoms with Gasteiger partial charge in [-0.05, 0) is 29.3 Å². The number of hydrogen-bond acceptors (Lipinski definition) is 0. The Kier molecular flexibility index (Phi) is 4.32. The van der Waals surface area contributed by atoms with Crippen LogP contribution in [-0.4, -0.2) is 0 Å². The Morgan fingerprint density at radius 2 is 1.00 bits per heavy atom. The smallest absolute Gasteiger partial charge is 0.166 e. The summed E-state index contributed by atoms with van der Waals surface area (Å²) in [6, 6.07) is 4.50. The van der Waals surface area contributed by atoms with Gasteiger partial charge in [-0.15, -0.1) is 0 Å². The van der Waals surface area contributed by atoms with Crippen molar-refractivity contribution < 1.29 is 39.5 Å². The Morgan fingerprint density at radius 1 is 0.500 bits per heavy atom. The molecule has 130 valence electrons. The fourth-order valence-electron chi connectivity index (χ4n) is 2.18. The fourth-order valence-corrected chi connectivity index (χ4v) is 2.18. The zero-order valence-electron chi connectivity index (χ0n) is 11.4. The van der Waals surface area contributed by atoms with Crippen LogP contribution >= 0.6 is 0 Å². The van der Waals surface area contributed by atoms with Gasteiger partial charge in [0.05, 0.1) is 16.7 Å². The van der Waals surface area contributed by atoms with Gasteiger partial charge in [-0.1, -0.05) is 24.3 Å². The molecule has 0 saturated carbocycles. The minimum Gasteiger partial charge on any atom is -0.166 e. The predicted octanol–water partition coefficient (Wildman–Crippen LogP) is 6.41. The van der Waals surface area contributed by atoms with Gasteiger partial charge in [0.2, 0.25) is 0 Å². The highest BCUT2D eigenvalue weighted by Gasteiger charge is 2.43. The number of halogens is 9. The summed E-state index contributed by atoms with van der Waals surface area (Å²) in [7, 11) is 0. The van der Waals surface area contributed by atoms with Crippen molar-refractivity contribution >= 4 is 0 Å². The third-order valence-corrected chi connectivity index (χ3v) is 3.17. The molecule has 0 unspecified atom stereocenters. The number of rotatable bonds is 1. The van der Waals surface area contributed by atoms with Crippen LogP contribution in [0.2, 0.25) is 0 Å². The minimum atomic E-state index is -5.37. The van der Waals surface area contributed by atoms with Gasteiger partial charge in [-0.3, -0.25) is 0 Å². The van der Waals surface area contributed by atoms with Gasteiger partial charge < -0.3 is 0 Å². The predicted molar refractivity (Wildman–Crippen MR) is 66.9 cm³/mol. The van der Waals surface area contributed by atoms with E-state index in [9.17, 15) is 39.5 Å². The van der Waals surface area contributed by atoms with Crippen LogP contribution in [0.25, 0.3) is 11.1 Å². The zero-order chi connectivity index (χ0) is 18.3. The molecule has 0 aliphatic carbocycles. The molecule has 2 aromatic carbocycles. The second kappa shape index (κ2) is 5.71. The van der Waals surface area contributed by atoms with Crippen molar-refractivity contribution in [3.05, 3.63) is 59.2 Å². The van der Waals surface area contributed by atoms with Crippen LogP contribution in [0.4, 0.5) is 39.5 Å². The topological polar surface area (TPSA) is 0 Å². The molecule has 0 heterocycles. The minimum absolute atomic E-state index is 0.0768. The molecular weight excluding hydrogens is 351 g/mol. The molecule has 24 heavy (non-hydrogen) atoms. The Morgan fingerprint density at radius 3 is 1.50 bits per heavy atom. The van der Waals surface area contributed by atoms with Gasteiger partial charge in [-0.25, -0.2) is 0 Å². The summed E-state index contributed by atoms with van der Waals surface area (Å²) in [5.41, 5.74) is -6.47. The van der Waals surface area contributed by atoms with Crippen molar-refractivity contribution in [1.29, 1.82) is 0 Å². The highest BCUT2D eigenvalue weighted by atomic mass is 19.4. The molecule has 0 atom stereocenters. The highest BCUT2D eigenvalue weighted by Crippen LogP contribution is 2.43. The van der Waals surface area contributed by atoms with Gasteiger partial charge in [0.1, 0.15) is 0 Å². The maximum Gasteiger partial charge on any atom is 0.417 e. The van der Waals surface area contributed by atoms with E-state index in [0.29, 0.717) is 12.1 Å². The molecule has 0 saturated heterocycles. The van der Waals surface area contributed by atoms with Crippen LogP contribution < -0.4 is 0 Å². The maximum atomic E-state index is 12.9. The summed E-state index contributed by atoms with van der Waals surface area (Å²) in [6.07, 6.45) is -15.5. The van der Waals surface area contributed by atoms with Crippen LogP contribution in [0, 0.1) is 0 Å². The van der Waals surface area contributed by atoms with E-state index >= 15 is 0 Å². The van der Waals surface area contributed by atoms with Crippen LogP contribution in [0.5, 0.6) is 0 Å². The highest BCUT2D eigenvalue weighted by molar-refractivity contribution is 5.69. The number of alkyl halides is 9. The van der Waals surface area contributed by atoms with E-state index in [2.05, 4.69) is 0 Å². The second-order valence-corrected chi connectivity index (χ2v) is 4.80. The molecule has 2 rings (SSSR count). The summed E-state index contributed by atoms with van der Waals surface area (Å²) in [5, 5.41) is 0. The average Bonchev–Trinajstić information content (AvgIpc) is 2.44. The molecule has 9 heteroatoms. The van der Waals surface area contributed by atoms with Crippen LogP contribution in [0.15, 0.2) is 42.5 Å². The van der Waals surface area contributed by atoms with Crippen LogP contribution in [-0.2, 0) is 18.5 Å². The molecule has 0 bridgehead atoms. The Bertz CT molecular complexity index is 736. The summed E-state index contributed by atoms with van der Waals surface area (Å²) < 4.78 is 116. The van der Waals surface area contributed by atoms with E-state index in [1.807, 2.05) is 0 Å². The standard InChI is InChI=1S/C15H7F9/c16-13(17,18)10-4-2-1-3-9(10)8-5-6-11(14(19,20)21)12(7-8)15(22,23)24/h1-7H. The first-order valence-electron chi connectivity index (χ1n) is 6.27. The quantitative estimate of drug-likeness (QED) is 0.517. The van der Waals surface area contributed by atoms with Crippen molar-refractivity contribution in [3.8, 4) is 11.1 Å². The van der Waals surface area contributed by atoms with E-state index in [4.69, 9.17) is 0 Å². The maximum absolute atomic E-state index is 12.9. The molecule has 0 aliphatic heterocycles. The van der Waals surface area contributed by atoms with Crippen molar-refractivity contribution in [1.82, 2.24) is 0 Å². The summed E-state index contributed by atoms with van der Waals surface area (Å²) in [6.45, 7) is 0. The molecule has 0 amide bonds. The van der Waals surface area contributed by atoms with Gasteiger partial charge in [-0.2, -0.15) is 39.5 Å². The van der Waals surface area contributed by atoms with Gasteiger partial charge in [0, 0.05) is 0 Å². The number of hydrogen-bond donors (Lipinski definition) is 0. The molecule has 0 spiro atoms. The van der Waals surface area contributed by atoms with E-state index in [-0.39, 0.29) is 12.1 Å². The average molecular weight is 358 g/mol. The van der Waals surface area contributed by atoms with Crippen molar-refractivity contribution in [2.75, 3.05) is 0 Å². The van der Waals surface area contributed by atoms with E-state index in [1.165, 1.54) is 0 Å². The van der Waals surface area contributed by atoms with E-state index in [1.54, 1.807) is 0 Å². The molecule has 0 aliphatic rings. The number of benzene rings is 2. The normalized spacial score (nSPS) is 13.2. The molecule has 0 N–H and O–H groups in total. The Hall–Kier alpha value is -2.19. The van der Waals surface area contributed by atoms with Crippen molar-refractivity contribution in [2.24, 2.45) is 0 Å². The van der Waals surface area contributed by atoms with Crippen molar-refractivity contribution in [2.45, 2.75) is 18.5 Å². The molecule has 2 aromatic rings. The lowest BCUT2D eigenvalue weighted by molar-refractivity contribution is -0.162. The van der Waals surface area contributed by atoms with Gasteiger partial charge in [0.25, 0.3) is 0 Å². The third-order valence-electron chi connectivity index (χ3n) is 3.17. The summed E-state index contributed by atoms with van der Waals surface area (Å²) in [4.78, 5) is 0. The van der Waals surface area contributed by atoms with Crippen molar-refractivity contribution in [3.63, 3.8) is 0 Å². The lowest BCUT2D eigenvalue weighted by Gasteiger charge is -2.18. The van der Waals surface area contributed by atoms with E-state index in [0.717, 1.165) is 18.2 Å². The van der Waals surface area contributed by atoms with Crippen LogP contribution in [0.1, 0.15) is 16.7 Å². The first-order chi connectivity index (χ1) is 10.8. The molecule has 0 aromatic heterocycles. The largest absolute Gasteiger partial charge is 0.417 e. The fraction of sp³-hybridized carbons (Fsp3) is 0.200. The molecule has 0 fully saturated rings. The van der Waals surface area contributed by atoms with Gasteiger partial charge >= 0.3 is 18.5 Å². The van der Waals surface area contributed by atoms with E-state index < -0.39 is 46.3 Å². The molecular formula is C15H7F9. The SMILES string of the molecule is FC(F)(F)c1ccccc1-c1ccc(C(F)(F)F)c(C(F)(F)F)c1. The summed E-state index contributed by atoms with van der Waals surface area (Å²) in [5.74, 6) is 0. The van der Waals surface area contributed by atoms with Gasteiger partial charge in [0.15, 0.2) is 0 Å². The molecule has 0 radical (unpaired) electrons. The lowest BCUT2D eigenvalue weighted by Crippen LogP contribution is -2.16. The third kappa shape index (κ3) is 3.65. The first kappa shape index (κ1) is 18.2. The first-order valence-corrected chi connectivity index (χ1v) is 6.27. The Balaban J connectivity index is 2.72. The molecule has 0 nitrogen and oxygen atoms in total. The monoisotopic (exact) mass is 358 g/mol. The second-order valence-electron chi connectivity index (χ2n) is 4.80. The Labute approximate surface area is 129 Å². The zero-order valence-corrected chi connectivity index (χ0v) is 11.4.